The molecule has 2 atom stereocenters. The fourth-order valence-corrected chi connectivity index (χ4v) is 2.24. The molecule has 0 heterocycles. The molecule has 1 aliphatic rings. The molecule has 3 nitrogen and oxygen atoms in total. The molecule has 2 rings (SSSR count). The maximum atomic E-state index is 11.6. The highest BCUT2D eigenvalue weighted by atomic mass is 16.6. The Kier molecular flexibility index (Phi) is 4.61. The van der Waals surface area contributed by atoms with Crippen molar-refractivity contribution in [2.75, 3.05) is 0 Å². The Morgan fingerprint density at radius 2 is 1.79 bits per heavy atom. The van der Waals surface area contributed by atoms with Gasteiger partial charge in [-0.1, -0.05) is 24.8 Å². The van der Waals surface area contributed by atoms with Crippen LogP contribution in [0.1, 0.15) is 32.6 Å². The third kappa shape index (κ3) is 3.85. The molecule has 1 aliphatic carbocycles. The van der Waals surface area contributed by atoms with E-state index in [1.54, 1.807) is 6.92 Å². The molecule has 0 aromatic heterocycles. The van der Waals surface area contributed by atoms with Crippen LogP contribution in [-0.2, 0) is 9.53 Å². The first-order valence-corrected chi connectivity index (χ1v) is 6.75. The summed E-state index contributed by atoms with van der Waals surface area (Å²) >= 11 is 0. The lowest BCUT2D eigenvalue weighted by Gasteiger charge is -2.31. The fourth-order valence-electron chi connectivity index (χ4n) is 2.24. The lowest BCUT2D eigenvalue weighted by molar-refractivity contribution is -0.151. The molecule has 102 valence electrons. The van der Waals surface area contributed by atoms with Crippen LogP contribution in [0.4, 0.5) is 0 Å². The second kappa shape index (κ2) is 6.41. The third-order valence-corrected chi connectivity index (χ3v) is 3.28. The van der Waals surface area contributed by atoms with E-state index in [4.69, 9.17) is 9.47 Å². The second-order valence-electron chi connectivity index (χ2n) is 4.98. The zero-order chi connectivity index (χ0) is 13.7. The van der Waals surface area contributed by atoms with Gasteiger partial charge in [-0.25, -0.2) is 4.79 Å². The molecule has 19 heavy (non-hydrogen) atoms. The topological polar surface area (TPSA) is 35.5 Å². The zero-order valence-corrected chi connectivity index (χ0v) is 11.3. The molecule has 2 unspecified atom stereocenters. The van der Waals surface area contributed by atoms with Crippen molar-refractivity contribution in [3.05, 3.63) is 42.5 Å². The average Bonchev–Trinajstić information content (AvgIpc) is 2.42. The number of carbonyl (C=O) groups excluding carboxylic acids is 1. The summed E-state index contributed by atoms with van der Waals surface area (Å²) < 4.78 is 11.4. The summed E-state index contributed by atoms with van der Waals surface area (Å²) in [7, 11) is 0. The van der Waals surface area contributed by atoms with E-state index in [9.17, 15) is 4.79 Å². The number of carbonyl (C=O) groups is 1. The fraction of sp³-hybridized carbons (Fsp3) is 0.438. The number of hydrogen-bond donors (Lipinski definition) is 0. The van der Waals surface area contributed by atoms with Crippen LogP contribution in [-0.4, -0.2) is 18.2 Å². The van der Waals surface area contributed by atoms with Crippen LogP contribution in [0, 0.1) is 0 Å². The van der Waals surface area contributed by atoms with Gasteiger partial charge in [0.1, 0.15) is 18.0 Å². The summed E-state index contributed by atoms with van der Waals surface area (Å²) in [5.74, 6) is 0.499. The summed E-state index contributed by atoms with van der Waals surface area (Å²) in [5.41, 5.74) is 0.434. The van der Waals surface area contributed by atoms with Crippen LogP contribution in [0.5, 0.6) is 5.75 Å². The van der Waals surface area contributed by atoms with Crippen LogP contribution in [0.15, 0.2) is 42.5 Å². The first-order valence-electron chi connectivity index (χ1n) is 6.75. The van der Waals surface area contributed by atoms with Crippen LogP contribution in [0.2, 0.25) is 0 Å². The molecule has 1 fully saturated rings. The van der Waals surface area contributed by atoms with E-state index >= 15 is 0 Å². The van der Waals surface area contributed by atoms with Crippen molar-refractivity contribution in [2.24, 2.45) is 0 Å². The van der Waals surface area contributed by atoms with Gasteiger partial charge in [0, 0.05) is 5.57 Å². The first kappa shape index (κ1) is 13.7. The van der Waals surface area contributed by atoms with Gasteiger partial charge >= 0.3 is 5.97 Å². The minimum absolute atomic E-state index is 0.0561. The lowest BCUT2D eigenvalue weighted by Crippen LogP contribution is -2.38. The standard InChI is InChI=1S/C16H20O3/c1-12(2)16(17)19-15-11-7-6-10-14(15)18-13-8-4-3-5-9-13/h3-5,8-9,14-15H,1,6-7,10-11H2,2H3. The van der Waals surface area contributed by atoms with E-state index in [2.05, 4.69) is 6.58 Å². The van der Waals surface area contributed by atoms with Crippen LogP contribution < -0.4 is 4.74 Å². The molecule has 0 radical (unpaired) electrons. The number of para-hydroxylation sites is 1. The van der Waals surface area contributed by atoms with Gasteiger partial charge in [-0.15, -0.1) is 0 Å². The van der Waals surface area contributed by atoms with Crippen molar-refractivity contribution < 1.29 is 14.3 Å². The van der Waals surface area contributed by atoms with Crippen molar-refractivity contribution in [3.8, 4) is 5.75 Å². The summed E-state index contributed by atoms with van der Waals surface area (Å²) in [6, 6.07) is 9.67. The Bertz CT molecular complexity index is 439. The molecule has 0 spiro atoms. The third-order valence-electron chi connectivity index (χ3n) is 3.28. The van der Waals surface area contributed by atoms with Crippen molar-refractivity contribution in [1.29, 1.82) is 0 Å². The molecule has 0 bridgehead atoms. The predicted octanol–water partition coefficient (Wildman–Crippen LogP) is 3.50. The number of hydrogen-bond acceptors (Lipinski definition) is 3. The molecule has 0 N–H and O–H groups in total. The number of esters is 1. The largest absolute Gasteiger partial charge is 0.487 e. The minimum Gasteiger partial charge on any atom is -0.487 e. The maximum Gasteiger partial charge on any atom is 0.333 e. The number of benzene rings is 1. The first-order chi connectivity index (χ1) is 9.16. The summed E-state index contributed by atoms with van der Waals surface area (Å²) in [5, 5.41) is 0. The van der Waals surface area contributed by atoms with Gasteiger partial charge in [-0.3, -0.25) is 0 Å². The summed E-state index contributed by atoms with van der Waals surface area (Å²) in [6.45, 7) is 5.28. The van der Waals surface area contributed by atoms with E-state index in [1.165, 1.54) is 0 Å². The van der Waals surface area contributed by atoms with Crippen LogP contribution in [0.25, 0.3) is 0 Å². The molecular formula is C16H20O3. The van der Waals surface area contributed by atoms with E-state index in [-0.39, 0.29) is 18.2 Å². The van der Waals surface area contributed by atoms with Gasteiger partial charge in [0.05, 0.1) is 0 Å². The van der Waals surface area contributed by atoms with Crippen LogP contribution in [0.3, 0.4) is 0 Å². The Labute approximate surface area is 114 Å². The smallest absolute Gasteiger partial charge is 0.333 e. The van der Waals surface area contributed by atoms with Gasteiger partial charge in [-0.2, -0.15) is 0 Å². The van der Waals surface area contributed by atoms with Crippen molar-refractivity contribution in [1.82, 2.24) is 0 Å². The Balaban J connectivity index is 2.00. The molecule has 1 saturated carbocycles. The van der Waals surface area contributed by atoms with Gasteiger partial charge in [-0.05, 0) is 44.7 Å². The van der Waals surface area contributed by atoms with Gasteiger partial charge in [0.15, 0.2) is 0 Å². The summed E-state index contributed by atoms with van der Waals surface area (Å²) in [4.78, 5) is 11.6. The lowest BCUT2D eigenvalue weighted by atomic mass is 9.94. The second-order valence-corrected chi connectivity index (χ2v) is 4.98. The molecule has 0 aliphatic heterocycles. The monoisotopic (exact) mass is 260 g/mol. The maximum absolute atomic E-state index is 11.6. The molecular weight excluding hydrogens is 240 g/mol. The van der Waals surface area contributed by atoms with Gasteiger partial charge in [0.2, 0.25) is 0 Å². The quantitative estimate of drug-likeness (QED) is 0.614. The van der Waals surface area contributed by atoms with E-state index in [1.807, 2.05) is 30.3 Å². The van der Waals surface area contributed by atoms with Gasteiger partial charge in [0.25, 0.3) is 0 Å². The normalized spacial score (nSPS) is 22.6. The zero-order valence-electron chi connectivity index (χ0n) is 11.3. The highest BCUT2D eigenvalue weighted by Gasteiger charge is 2.30. The SMILES string of the molecule is C=C(C)C(=O)OC1CCCCC1Oc1ccccc1. The molecule has 0 saturated heterocycles. The highest BCUT2D eigenvalue weighted by molar-refractivity contribution is 5.87. The van der Waals surface area contributed by atoms with E-state index in [0.717, 1.165) is 31.4 Å². The van der Waals surface area contributed by atoms with Crippen molar-refractivity contribution >= 4 is 5.97 Å². The minimum atomic E-state index is -0.325. The molecule has 1 aromatic rings. The highest BCUT2D eigenvalue weighted by Crippen LogP contribution is 2.26. The van der Waals surface area contributed by atoms with Gasteiger partial charge < -0.3 is 9.47 Å². The Morgan fingerprint density at radius 1 is 1.16 bits per heavy atom. The summed E-state index contributed by atoms with van der Waals surface area (Å²) in [6.07, 6.45) is 3.73. The van der Waals surface area contributed by atoms with Crippen LogP contribution >= 0.6 is 0 Å². The molecule has 1 aromatic carbocycles. The predicted molar refractivity (Wildman–Crippen MR) is 74.0 cm³/mol. The average molecular weight is 260 g/mol. The number of ether oxygens (including phenoxy) is 2. The van der Waals surface area contributed by atoms with Crippen molar-refractivity contribution in [2.45, 2.75) is 44.8 Å². The van der Waals surface area contributed by atoms with E-state index < -0.39 is 0 Å². The van der Waals surface area contributed by atoms with E-state index in [0.29, 0.717) is 5.57 Å². The number of rotatable bonds is 4. The molecule has 3 heteroatoms. The molecule has 0 amide bonds. The van der Waals surface area contributed by atoms with Crippen molar-refractivity contribution in [3.63, 3.8) is 0 Å². The Morgan fingerprint density at radius 3 is 2.42 bits per heavy atom. The Hall–Kier alpha value is -1.77.